The van der Waals surface area contributed by atoms with Crippen LogP contribution in [0.4, 0.5) is 0 Å². The first-order valence-corrected chi connectivity index (χ1v) is 5.61. The molecule has 0 aliphatic rings. The van der Waals surface area contributed by atoms with Gasteiger partial charge in [-0.1, -0.05) is 27.7 Å². The van der Waals surface area contributed by atoms with Gasteiger partial charge in [0.05, 0.1) is 6.07 Å². The van der Waals surface area contributed by atoms with Gasteiger partial charge in [-0.15, -0.1) is 0 Å². The fraction of sp³-hybridized carbons (Fsp3) is 0.889. The van der Waals surface area contributed by atoms with Gasteiger partial charge < -0.3 is 0 Å². The largest absolute Gasteiger partial charge is 0.258 e. The summed E-state index contributed by atoms with van der Waals surface area (Å²) in [7, 11) is -0.994. The van der Waals surface area contributed by atoms with Crippen LogP contribution in [-0.2, 0) is 10.8 Å². The highest BCUT2D eigenvalue weighted by atomic mass is 32.2. The summed E-state index contributed by atoms with van der Waals surface area (Å²) in [5, 5.41) is 8.51. The second-order valence-corrected chi connectivity index (χ2v) is 5.27. The molecule has 0 aromatic carbocycles. The molecule has 0 amide bonds. The predicted octanol–water partition coefficient (Wildman–Crippen LogP) is 2.08. The van der Waals surface area contributed by atoms with Gasteiger partial charge in [0.1, 0.15) is 5.25 Å². The number of rotatable bonds is 4. The van der Waals surface area contributed by atoms with Gasteiger partial charge in [0.25, 0.3) is 0 Å². The molecule has 0 fully saturated rings. The van der Waals surface area contributed by atoms with Crippen LogP contribution < -0.4 is 0 Å². The highest BCUT2D eigenvalue weighted by molar-refractivity contribution is 7.86. The monoisotopic (exact) mass is 187 g/mol. The van der Waals surface area contributed by atoms with Crippen molar-refractivity contribution in [3.05, 3.63) is 0 Å². The molecule has 0 spiro atoms. The summed E-state index contributed by atoms with van der Waals surface area (Å²) in [6, 6.07) is 2.09. The van der Waals surface area contributed by atoms with Crippen LogP contribution in [-0.4, -0.2) is 14.7 Å². The Morgan fingerprint density at radius 3 is 2.17 bits per heavy atom. The van der Waals surface area contributed by atoms with E-state index in [0.29, 0.717) is 12.3 Å². The molecule has 3 atom stereocenters. The smallest absolute Gasteiger partial charge is 0.121 e. The quantitative estimate of drug-likeness (QED) is 0.676. The summed E-state index contributed by atoms with van der Waals surface area (Å²) >= 11 is 0. The van der Waals surface area contributed by atoms with Crippen molar-refractivity contribution >= 4 is 10.8 Å². The van der Waals surface area contributed by atoms with E-state index in [9.17, 15) is 4.21 Å². The first kappa shape index (κ1) is 11.6. The standard InChI is InChI=1S/C9H17NOS/c1-5-9(6-10)12(11)8(4)7(2)3/h7-9H,5H2,1-4H3. The van der Waals surface area contributed by atoms with E-state index in [2.05, 4.69) is 6.07 Å². The van der Waals surface area contributed by atoms with Gasteiger partial charge in [0, 0.05) is 16.0 Å². The van der Waals surface area contributed by atoms with Crippen molar-refractivity contribution in [1.29, 1.82) is 5.26 Å². The molecule has 0 saturated heterocycles. The van der Waals surface area contributed by atoms with E-state index in [4.69, 9.17) is 5.26 Å². The molecule has 0 rings (SSSR count). The summed E-state index contributed by atoms with van der Waals surface area (Å²) in [6.07, 6.45) is 0.681. The van der Waals surface area contributed by atoms with Gasteiger partial charge in [-0.25, -0.2) is 0 Å². The molecule has 3 heteroatoms. The Kier molecular flexibility index (Phi) is 5.16. The SMILES string of the molecule is CCC(C#N)S(=O)C(C)C(C)C. The van der Waals surface area contributed by atoms with Gasteiger partial charge in [-0.05, 0) is 12.3 Å². The van der Waals surface area contributed by atoms with Gasteiger partial charge >= 0.3 is 0 Å². The molecular weight excluding hydrogens is 170 g/mol. The Morgan fingerprint density at radius 2 is 1.92 bits per heavy atom. The van der Waals surface area contributed by atoms with E-state index < -0.39 is 10.8 Å². The molecule has 12 heavy (non-hydrogen) atoms. The Balaban J connectivity index is 4.29. The summed E-state index contributed by atoms with van der Waals surface area (Å²) < 4.78 is 11.6. The molecule has 0 aliphatic carbocycles. The van der Waals surface area contributed by atoms with Crippen LogP contribution in [0.15, 0.2) is 0 Å². The molecule has 0 bridgehead atoms. The fourth-order valence-electron chi connectivity index (χ4n) is 0.835. The molecule has 0 N–H and O–H groups in total. The minimum atomic E-state index is -0.994. The number of nitrogens with zero attached hydrogens (tertiary/aromatic N) is 1. The third kappa shape index (κ3) is 2.94. The molecule has 3 unspecified atom stereocenters. The lowest BCUT2D eigenvalue weighted by Crippen LogP contribution is -2.26. The number of hydrogen-bond acceptors (Lipinski definition) is 2. The van der Waals surface area contributed by atoms with Crippen molar-refractivity contribution in [2.45, 2.75) is 44.6 Å². The van der Waals surface area contributed by atoms with Crippen LogP contribution in [0.3, 0.4) is 0 Å². The normalized spacial score (nSPS) is 18.3. The molecule has 0 aliphatic heterocycles. The maximum atomic E-state index is 11.6. The van der Waals surface area contributed by atoms with Crippen molar-refractivity contribution in [3.63, 3.8) is 0 Å². The average molecular weight is 187 g/mol. The maximum Gasteiger partial charge on any atom is 0.121 e. The molecule has 0 saturated carbocycles. The molecule has 0 heterocycles. The van der Waals surface area contributed by atoms with Crippen LogP contribution in [0, 0.1) is 17.2 Å². The van der Waals surface area contributed by atoms with Gasteiger partial charge in [0.2, 0.25) is 0 Å². The van der Waals surface area contributed by atoms with Gasteiger partial charge in [-0.3, -0.25) is 4.21 Å². The van der Waals surface area contributed by atoms with E-state index in [-0.39, 0.29) is 10.5 Å². The number of hydrogen-bond donors (Lipinski definition) is 0. The molecule has 0 aromatic heterocycles. The van der Waals surface area contributed by atoms with Crippen LogP contribution >= 0.6 is 0 Å². The highest BCUT2D eigenvalue weighted by Gasteiger charge is 2.22. The molecular formula is C9H17NOS. The lowest BCUT2D eigenvalue weighted by atomic mass is 10.2. The average Bonchev–Trinajstić information content (AvgIpc) is 2.05. The topological polar surface area (TPSA) is 40.9 Å². The van der Waals surface area contributed by atoms with E-state index in [0.717, 1.165) is 0 Å². The van der Waals surface area contributed by atoms with E-state index in [1.807, 2.05) is 27.7 Å². The third-order valence-electron chi connectivity index (χ3n) is 2.10. The van der Waals surface area contributed by atoms with Crippen molar-refractivity contribution in [2.24, 2.45) is 5.92 Å². The lowest BCUT2D eigenvalue weighted by Gasteiger charge is -2.17. The second kappa shape index (κ2) is 5.31. The van der Waals surface area contributed by atoms with Crippen LogP contribution in [0.25, 0.3) is 0 Å². The van der Waals surface area contributed by atoms with Gasteiger partial charge in [0.15, 0.2) is 0 Å². The Morgan fingerprint density at radius 1 is 1.42 bits per heavy atom. The second-order valence-electron chi connectivity index (χ2n) is 3.30. The van der Waals surface area contributed by atoms with E-state index in [1.165, 1.54) is 0 Å². The molecule has 70 valence electrons. The Labute approximate surface area is 77.4 Å². The van der Waals surface area contributed by atoms with E-state index in [1.54, 1.807) is 0 Å². The lowest BCUT2D eigenvalue weighted by molar-refractivity contribution is 0.600. The van der Waals surface area contributed by atoms with Crippen molar-refractivity contribution in [2.75, 3.05) is 0 Å². The predicted molar refractivity (Wildman–Crippen MR) is 52.1 cm³/mol. The molecule has 2 nitrogen and oxygen atoms in total. The van der Waals surface area contributed by atoms with Crippen molar-refractivity contribution in [3.8, 4) is 6.07 Å². The summed E-state index contributed by atoms with van der Waals surface area (Å²) in [6.45, 7) is 7.92. The van der Waals surface area contributed by atoms with Crippen molar-refractivity contribution in [1.82, 2.24) is 0 Å². The zero-order chi connectivity index (χ0) is 9.72. The van der Waals surface area contributed by atoms with Gasteiger partial charge in [-0.2, -0.15) is 5.26 Å². The van der Waals surface area contributed by atoms with E-state index >= 15 is 0 Å². The van der Waals surface area contributed by atoms with Crippen LogP contribution in [0.5, 0.6) is 0 Å². The number of nitriles is 1. The molecule has 0 radical (unpaired) electrons. The summed E-state index contributed by atoms with van der Waals surface area (Å²) in [4.78, 5) is 0. The Hall–Kier alpha value is -0.360. The minimum absolute atomic E-state index is 0.120. The zero-order valence-electron chi connectivity index (χ0n) is 8.20. The van der Waals surface area contributed by atoms with Crippen LogP contribution in [0.2, 0.25) is 0 Å². The highest BCUT2D eigenvalue weighted by Crippen LogP contribution is 2.14. The summed E-state index contributed by atoms with van der Waals surface area (Å²) in [5.74, 6) is 0.383. The summed E-state index contributed by atoms with van der Waals surface area (Å²) in [5.41, 5.74) is 0. The van der Waals surface area contributed by atoms with Crippen molar-refractivity contribution < 1.29 is 4.21 Å². The third-order valence-corrected chi connectivity index (χ3v) is 4.38. The maximum absolute atomic E-state index is 11.6. The Bertz CT molecular complexity index is 195. The molecule has 0 aromatic rings. The first-order valence-electron chi connectivity index (χ1n) is 4.33. The zero-order valence-corrected chi connectivity index (χ0v) is 9.02. The van der Waals surface area contributed by atoms with Crippen LogP contribution in [0.1, 0.15) is 34.1 Å². The minimum Gasteiger partial charge on any atom is -0.258 e. The first-order chi connectivity index (χ1) is 5.54. The fourth-order valence-corrected chi connectivity index (χ4v) is 2.32.